The van der Waals surface area contributed by atoms with Crippen LogP contribution in [0.25, 0.3) is 0 Å². The summed E-state index contributed by atoms with van der Waals surface area (Å²) in [5.74, 6) is 1.21. The molecule has 3 rings (SSSR count). The van der Waals surface area contributed by atoms with Crippen LogP contribution in [0.4, 0.5) is 0 Å². The second kappa shape index (κ2) is 9.05. The molecule has 1 aliphatic heterocycles. The summed E-state index contributed by atoms with van der Waals surface area (Å²) in [7, 11) is 1.99. The van der Waals surface area contributed by atoms with Crippen LogP contribution < -0.4 is 10.1 Å². The van der Waals surface area contributed by atoms with Crippen LogP contribution in [-0.4, -0.2) is 37.0 Å². The first-order chi connectivity index (χ1) is 13.1. The van der Waals surface area contributed by atoms with Gasteiger partial charge in [0, 0.05) is 24.7 Å². The molecule has 2 aromatic carbocycles. The molecule has 0 aromatic heterocycles. The van der Waals surface area contributed by atoms with Gasteiger partial charge in [0.1, 0.15) is 5.75 Å². The highest BCUT2D eigenvalue weighted by atomic mass is 16.5. The van der Waals surface area contributed by atoms with Crippen molar-refractivity contribution in [2.24, 2.45) is 0 Å². The molecule has 1 unspecified atom stereocenters. The van der Waals surface area contributed by atoms with Crippen molar-refractivity contribution in [1.82, 2.24) is 10.2 Å². The van der Waals surface area contributed by atoms with Gasteiger partial charge in [0.25, 0.3) is 5.91 Å². The molecule has 4 nitrogen and oxygen atoms in total. The lowest BCUT2D eigenvalue weighted by Crippen LogP contribution is -2.46. The second-order valence-corrected chi connectivity index (χ2v) is 7.52. The van der Waals surface area contributed by atoms with E-state index in [0.29, 0.717) is 12.0 Å². The van der Waals surface area contributed by atoms with Crippen LogP contribution in [0.2, 0.25) is 0 Å². The summed E-state index contributed by atoms with van der Waals surface area (Å²) in [4.78, 5) is 15.2. The van der Waals surface area contributed by atoms with Gasteiger partial charge in [-0.15, -0.1) is 0 Å². The Bertz CT molecular complexity index is 737. The minimum atomic E-state index is -0.611. The van der Waals surface area contributed by atoms with E-state index in [-0.39, 0.29) is 5.91 Å². The van der Waals surface area contributed by atoms with Crippen molar-refractivity contribution in [2.45, 2.75) is 44.8 Å². The van der Waals surface area contributed by atoms with Crippen molar-refractivity contribution in [3.05, 3.63) is 65.7 Å². The maximum atomic E-state index is 13.3. The van der Waals surface area contributed by atoms with Crippen LogP contribution in [0.5, 0.6) is 5.75 Å². The number of rotatable bonds is 6. The van der Waals surface area contributed by atoms with Crippen molar-refractivity contribution in [3.8, 4) is 5.75 Å². The maximum absolute atomic E-state index is 13.3. The molecule has 4 heteroatoms. The van der Waals surface area contributed by atoms with E-state index in [9.17, 15) is 4.79 Å². The Morgan fingerprint density at radius 3 is 2.33 bits per heavy atom. The number of hydrogen-bond donors (Lipinski definition) is 1. The van der Waals surface area contributed by atoms with E-state index in [1.807, 2.05) is 60.5 Å². The number of carbonyl (C=O) groups excluding carboxylic acids is 1. The predicted octanol–water partition coefficient (Wildman–Crippen LogP) is 4.14. The van der Waals surface area contributed by atoms with Crippen molar-refractivity contribution >= 4 is 5.91 Å². The van der Waals surface area contributed by atoms with E-state index < -0.39 is 6.10 Å². The molecule has 0 aliphatic carbocycles. The zero-order chi connectivity index (χ0) is 19.2. The molecular weight excluding hydrogens is 336 g/mol. The molecule has 0 spiro atoms. The van der Waals surface area contributed by atoms with Crippen molar-refractivity contribution in [2.75, 3.05) is 20.1 Å². The molecule has 0 radical (unpaired) electrons. The molecule has 1 aliphatic rings. The quantitative estimate of drug-likeness (QED) is 0.835. The predicted molar refractivity (Wildman–Crippen MR) is 109 cm³/mol. The van der Waals surface area contributed by atoms with Gasteiger partial charge in [0.15, 0.2) is 0 Å². The van der Waals surface area contributed by atoms with Gasteiger partial charge >= 0.3 is 0 Å². The molecule has 2 aromatic rings. The molecular formula is C23H30N2O2. The fourth-order valence-corrected chi connectivity index (χ4v) is 3.53. The molecule has 1 atom stereocenters. The normalized spacial score (nSPS) is 16.4. The van der Waals surface area contributed by atoms with E-state index in [1.54, 1.807) is 0 Å². The van der Waals surface area contributed by atoms with E-state index in [2.05, 4.69) is 25.2 Å². The Morgan fingerprint density at radius 2 is 1.70 bits per heavy atom. The number of likely N-dealkylation sites (tertiary alicyclic amines) is 1. The van der Waals surface area contributed by atoms with Crippen LogP contribution >= 0.6 is 0 Å². The Balaban J connectivity index is 1.82. The lowest BCUT2D eigenvalue weighted by molar-refractivity contribution is -0.140. The standard InChI is InChI=1S/C23H30N2O2/c1-17(2)19-10-7-11-21(16-19)27-22(18-8-5-4-6-9-18)23(26)25-14-12-20(24-3)13-15-25/h4-11,16-17,20,22,24H,12-15H2,1-3H3. The molecule has 144 valence electrons. The minimum Gasteiger partial charge on any atom is -0.476 e. The van der Waals surface area contributed by atoms with Crippen molar-refractivity contribution in [1.29, 1.82) is 0 Å². The van der Waals surface area contributed by atoms with Gasteiger partial charge in [-0.25, -0.2) is 0 Å². The summed E-state index contributed by atoms with van der Waals surface area (Å²) in [6.45, 7) is 5.85. The van der Waals surface area contributed by atoms with E-state index in [4.69, 9.17) is 4.74 Å². The average Bonchev–Trinajstić information content (AvgIpc) is 2.72. The highest BCUT2D eigenvalue weighted by molar-refractivity contribution is 5.82. The van der Waals surface area contributed by atoms with E-state index >= 15 is 0 Å². The Morgan fingerprint density at radius 1 is 1.04 bits per heavy atom. The van der Waals surface area contributed by atoms with Gasteiger partial charge in [0.05, 0.1) is 0 Å². The van der Waals surface area contributed by atoms with Crippen molar-refractivity contribution < 1.29 is 9.53 Å². The number of nitrogens with one attached hydrogen (secondary N) is 1. The summed E-state index contributed by atoms with van der Waals surface area (Å²) in [6.07, 6.45) is 1.35. The molecule has 1 fully saturated rings. The number of benzene rings is 2. The van der Waals surface area contributed by atoms with Crippen molar-refractivity contribution in [3.63, 3.8) is 0 Å². The summed E-state index contributed by atoms with van der Waals surface area (Å²) >= 11 is 0. The topological polar surface area (TPSA) is 41.6 Å². The van der Waals surface area contributed by atoms with Gasteiger partial charge in [-0.05, 0) is 43.5 Å². The van der Waals surface area contributed by atoms with Gasteiger partial charge in [-0.2, -0.15) is 0 Å². The zero-order valence-electron chi connectivity index (χ0n) is 16.5. The lowest BCUT2D eigenvalue weighted by Gasteiger charge is -2.34. The SMILES string of the molecule is CNC1CCN(C(=O)C(Oc2cccc(C(C)C)c2)c2ccccc2)CC1. The number of amides is 1. The van der Waals surface area contributed by atoms with E-state index in [1.165, 1.54) is 5.56 Å². The molecule has 1 saturated heterocycles. The van der Waals surface area contributed by atoms with Crippen LogP contribution in [-0.2, 0) is 4.79 Å². The fourth-order valence-electron chi connectivity index (χ4n) is 3.53. The summed E-state index contributed by atoms with van der Waals surface area (Å²) < 4.78 is 6.25. The maximum Gasteiger partial charge on any atom is 0.268 e. The third-order valence-electron chi connectivity index (χ3n) is 5.32. The Labute approximate surface area is 162 Å². The molecule has 1 amide bonds. The second-order valence-electron chi connectivity index (χ2n) is 7.52. The monoisotopic (exact) mass is 366 g/mol. The number of ether oxygens (including phenoxy) is 1. The molecule has 0 saturated carbocycles. The summed E-state index contributed by atoms with van der Waals surface area (Å²) in [5.41, 5.74) is 2.11. The number of nitrogens with zero attached hydrogens (tertiary/aromatic N) is 1. The third-order valence-corrected chi connectivity index (χ3v) is 5.32. The summed E-state index contributed by atoms with van der Waals surface area (Å²) in [6, 6.07) is 18.4. The highest BCUT2D eigenvalue weighted by Crippen LogP contribution is 2.28. The van der Waals surface area contributed by atoms with E-state index in [0.717, 1.165) is 37.2 Å². The first kappa shape index (κ1) is 19.4. The highest BCUT2D eigenvalue weighted by Gasteiger charge is 2.30. The smallest absolute Gasteiger partial charge is 0.268 e. The fraction of sp³-hybridized carbons (Fsp3) is 0.435. The van der Waals surface area contributed by atoms with Crippen LogP contribution in [0.3, 0.4) is 0 Å². The Hall–Kier alpha value is -2.33. The first-order valence-electron chi connectivity index (χ1n) is 9.86. The lowest BCUT2D eigenvalue weighted by atomic mass is 10.0. The van der Waals surface area contributed by atoms with Gasteiger partial charge in [-0.1, -0.05) is 56.3 Å². The number of piperidine rings is 1. The molecule has 1 heterocycles. The number of carbonyl (C=O) groups is 1. The largest absolute Gasteiger partial charge is 0.476 e. The molecule has 0 bridgehead atoms. The van der Waals surface area contributed by atoms with Crippen LogP contribution in [0, 0.1) is 0 Å². The molecule has 1 N–H and O–H groups in total. The average molecular weight is 367 g/mol. The van der Waals surface area contributed by atoms with Gasteiger partial charge in [0.2, 0.25) is 6.10 Å². The minimum absolute atomic E-state index is 0.0469. The first-order valence-corrected chi connectivity index (χ1v) is 9.86. The van der Waals surface area contributed by atoms with Crippen LogP contribution in [0.1, 0.15) is 49.8 Å². The van der Waals surface area contributed by atoms with Crippen LogP contribution in [0.15, 0.2) is 54.6 Å². The van der Waals surface area contributed by atoms with Gasteiger partial charge in [-0.3, -0.25) is 4.79 Å². The summed E-state index contributed by atoms with van der Waals surface area (Å²) in [5, 5.41) is 3.31. The Kier molecular flexibility index (Phi) is 6.51. The zero-order valence-corrected chi connectivity index (χ0v) is 16.5. The molecule has 27 heavy (non-hydrogen) atoms. The van der Waals surface area contributed by atoms with Gasteiger partial charge < -0.3 is 15.0 Å². The number of hydrogen-bond acceptors (Lipinski definition) is 3. The third kappa shape index (κ3) is 4.89.